The predicted molar refractivity (Wildman–Crippen MR) is 169 cm³/mol. The lowest BCUT2D eigenvalue weighted by Gasteiger charge is -2.19. The first kappa shape index (κ1) is 29.1. The Morgan fingerprint density at radius 3 is 2.61 bits per heavy atom. The lowest BCUT2D eigenvalue weighted by Crippen LogP contribution is -2.24. The summed E-state index contributed by atoms with van der Waals surface area (Å²) in [5.74, 6) is -0.181. The molecule has 1 fully saturated rings. The highest BCUT2D eigenvalue weighted by Gasteiger charge is 2.23. The second-order valence-corrected chi connectivity index (χ2v) is 11.1. The van der Waals surface area contributed by atoms with Gasteiger partial charge in [0.2, 0.25) is 0 Å². The molecule has 1 aliphatic rings. The summed E-state index contributed by atoms with van der Waals surface area (Å²) in [6, 6.07) is 13.7. The monoisotopic (exact) mass is 593 g/mol. The molecule has 44 heavy (non-hydrogen) atoms. The number of nitrogens with zero attached hydrogens (tertiary/aromatic N) is 6. The molecule has 0 bridgehead atoms. The molecule has 224 valence electrons. The van der Waals surface area contributed by atoms with Crippen LogP contribution in [0.3, 0.4) is 0 Å². The average Bonchev–Trinajstić information content (AvgIpc) is 3.44. The number of benzene rings is 2. The Hall–Kier alpha value is -5.00. The van der Waals surface area contributed by atoms with Crippen molar-refractivity contribution < 1.29 is 9.50 Å². The molecule has 0 aliphatic carbocycles. The molecule has 1 aliphatic heterocycles. The molecule has 4 heterocycles. The van der Waals surface area contributed by atoms with Crippen LogP contribution in [0.2, 0.25) is 0 Å². The molecule has 1 atom stereocenters. The number of aliphatic hydroxyl groups excluding tert-OH is 1. The minimum absolute atomic E-state index is 0.121. The fraction of sp³-hybridized carbons (Fsp3) is 0.242. The molecule has 0 spiro atoms. The van der Waals surface area contributed by atoms with Crippen LogP contribution in [0.25, 0.3) is 33.3 Å². The lowest BCUT2D eigenvalue weighted by molar-refractivity contribution is 0.281. The molecular weight excluding hydrogens is 561 g/mol. The maximum absolute atomic E-state index is 15.1. The van der Waals surface area contributed by atoms with Crippen molar-refractivity contribution in [3.05, 3.63) is 111 Å². The topological polar surface area (TPSA) is 118 Å². The molecule has 11 heteroatoms. The van der Waals surface area contributed by atoms with Crippen LogP contribution < -0.4 is 16.4 Å². The number of nitrogens with one attached hydrogen (secondary N) is 1. The Bertz CT molecular complexity index is 2040. The van der Waals surface area contributed by atoms with Crippen molar-refractivity contribution in [2.75, 3.05) is 18.9 Å². The fourth-order valence-corrected chi connectivity index (χ4v) is 5.81. The minimum atomic E-state index is -0.685. The average molecular weight is 594 g/mol. The summed E-state index contributed by atoms with van der Waals surface area (Å²) in [5.41, 5.74) is 3.00. The number of rotatable bonds is 7. The van der Waals surface area contributed by atoms with Crippen LogP contribution in [0, 0.1) is 5.82 Å². The van der Waals surface area contributed by atoms with E-state index >= 15 is 4.39 Å². The van der Waals surface area contributed by atoms with Crippen molar-refractivity contribution in [3.63, 3.8) is 0 Å². The maximum atomic E-state index is 15.1. The Labute approximate surface area is 252 Å². The van der Waals surface area contributed by atoms with Gasteiger partial charge >= 0.3 is 0 Å². The van der Waals surface area contributed by atoms with Gasteiger partial charge in [0, 0.05) is 35.8 Å². The first-order valence-corrected chi connectivity index (χ1v) is 14.3. The van der Waals surface area contributed by atoms with E-state index in [1.807, 2.05) is 18.3 Å². The third-order valence-corrected chi connectivity index (χ3v) is 8.16. The number of likely N-dealkylation sites (tertiary alicyclic amines) is 1. The molecular formula is C33H32FN7O3. The van der Waals surface area contributed by atoms with Crippen LogP contribution in [0.5, 0.6) is 0 Å². The second kappa shape index (κ2) is 11.6. The molecule has 2 N–H and O–H groups in total. The van der Waals surface area contributed by atoms with Crippen LogP contribution in [0.15, 0.2) is 77.1 Å². The van der Waals surface area contributed by atoms with Gasteiger partial charge < -0.3 is 10.4 Å². The third-order valence-electron chi connectivity index (χ3n) is 8.16. The van der Waals surface area contributed by atoms with Gasteiger partial charge in [-0.3, -0.25) is 14.5 Å². The van der Waals surface area contributed by atoms with Crippen LogP contribution in [-0.2, 0) is 13.7 Å². The lowest BCUT2D eigenvalue weighted by atomic mass is 10.0. The van der Waals surface area contributed by atoms with E-state index in [-0.39, 0.29) is 22.3 Å². The number of hydrogen-bond donors (Lipinski definition) is 2. The zero-order valence-electron chi connectivity index (χ0n) is 24.7. The van der Waals surface area contributed by atoms with Crippen molar-refractivity contribution in [2.45, 2.75) is 32.4 Å². The van der Waals surface area contributed by atoms with Gasteiger partial charge in [-0.05, 0) is 74.8 Å². The van der Waals surface area contributed by atoms with Crippen molar-refractivity contribution in [2.24, 2.45) is 7.05 Å². The van der Waals surface area contributed by atoms with Gasteiger partial charge in [-0.1, -0.05) is 30.4 Å². The Kier molecular flexibility index (Phi) is 7.66. The van der Waals surface area contributed by atoms with E-state index in [2.05, 4.69) is 39.0 Å². The summed E-state index contributed by atoms with van der Waals surface area (Å²) in [7, 11) is 3.63. The van der Waals surface area contributed by atoms with Crippen molar-refractivity contribution in [1.29, 1.82) is 0 Å². The Balaban J connectivity index is 1.39. The summed E-state index contributed by atoms with van der Waals surface area (Å²) >= 11 is 0. The van der Waals surface area contributed by atoms with Crippen LogP contribution in [0.4, 0.5) is 15.9 Å². The van der Waals surface area contributed by atoms with E-state index in [4.69, 9.17) is 0 Å². The van der Waals surface area contributed by atoms with Gasteiger partial charge in [-0.25, -0.2) is 14.1 Å². The smallest absolute Gasteiger partial charge is 0.290 e. The SMILES string of the molecule is C=C(C)c1cc(F)c2c(=O)n(-c3cccc(-c4cc(Nc5ccc(C6CCCN6C)cn5)c(=O)n(C)n4)c3CO)ncc2c1. The zero-order chi connectivity index (χ0) is 31.1. The van der Waals surface area contributed by atoms with Crippen molar-refractivity contribution >= 4 is 27.9 Å². The highest BCUT2D eigenvalue weighted by atomic mass is 19.1. The second-order valence-electron chi connectivity index (χ2n) is 11.1. The summed E-state index contributed by atoms with van der Waals surface area (Å²) in [6.07, 6.45) is 5.46. The Morgan fingerprint density at radius 2 is 1.93 bits per heavy atom. The normalized spacial score (nSPS) is 15.2. The number of anilines is 2. The number of hydrogen-bond acceptors (Lipinski definition) is 8. The maximum Gasteiger partial charge on any atom is 0.290 e. The largest absolute Gasteiger partial charge is 0.392 e. The number of pyridine rings is 1. The van der Waals surface area contributed by atoms with E-state index in [0.29, 0.717) is 45.2 Å². The number of aliphatic hydroxyl groups is 1. The van der Waals surface area contributed by atoms with Gasteiger partial charge in [-0.2, -0.15) is 14.9 Å². The summed E-state index contributed by atoms with van der Waals surface area (Å²) in [4.78, 5) is 33.4. The van der Waals surface area contributed by atoms with E-state index in [1.165, 1.54) is 24.0 Å². The van der Waals surface area contributed by atoms with Crippen LogP contribution in [0.1, 0.15) is 42.5 Å². The number of allylic oxidation sites excluding steroid dienone is 1. The van der Waals surface area contributed by atoms with E-state index in [9.17, 15) is 14.7 Å². The summed E-state index contributed by atoms with van der Waals surface area (Å²) < 4.78 is 17.4. The van der Waals surface area contributed by atoms with E-state index in [0.717, 1.165) is 29.6 Å². The molecule has 0 radical (unpaired) electrons. The zero-order valence-corrected chi connectivity index (χ0v) is 24.7. The van der Waals surface area contributed by atoms with Gasteiger partial charge in [0.05, 0.1) is 29.6 Å². The molecule has 2 aromatic carbocycles. The highest BCUT2D eigenvalue weighted by molar-refractivity contribution is 5.85. The standard InChI is InChI=1S/C33H32FN7O3/c1-19(2)21-13-22-17-36-41(33(44)31(22)25(34)14-21)29-8-5-7-23(24(29)18-42)26-15-27(32(43)40(4)38-26)37-30-11-10-20(16-35-30)28-9-6-12-39(28)3/h5,7-8,10-11,13-17,28,42H,1,6,9,12,18H2,2-4H3,(H,35,37). The highest BCUT2D eigenvalue weighted by Crippen LogP contribution is 2.31. The first-order valence-electron chi connectivity index (χ1n) is 14.3. The first-order chi connectivity index (χ1) is 21.2. The third kappa shape index (κ3) is 5.20. The molecule has 0 saturated carbocycles. The minimum Gasteiger partial charge on any atom is -0.392 e. The van der Waals surface area contributed by atoms with Gasteiger partial charge in [0.15, 0.2) is 0 Å². The quantitative estimate of drug-likeness (QED) is 0.279. The molecule has 10 nitrogen and oxygen atoms in total. The molecule has 0 amide bonds. The predicted octanol–water partition coefficient (Wildman–Crippen LogP) is 4.72. The van der Waals surface area contributed by atoms with Crippen molar-refractivity contribution in [3.8, 4) is 16.9 Å². The number of fused-ring (bicyclic) bond motifs is 1. The summed E-state index contributed by atoms with van der Waals surface area (Å²) in [6.45, 7) is 6.18. The Morgan fingerprint density at radius 1 is 1.11 bits per heavy atom. The fourth-order valence-electron chi connectivity index (χ4n) is 5.81. The molecule has 5 aromatic rings. The number of halogens is 1. The van der Waals surface area contributed by atoms with Gasteiger partial charge in [-0.15, -0.1) is 0 Å². The van der Waals surface area contributed by atoms with Crippen molar-refractivity contribution in [1.82, 2.24) is 29.4 Å². The molecule has 1 unspecified atom stereocenters. The number of aromatic nitrogens is 5. The van der Waals surface area contributed by atoms with Gasteiger partial charge in [0.1, 0.15) is 17.3 Å². The molecule has 1 saturated heterocycles. The van der Waals surface area contributed by atoms with Crippen LogP contribution >= 0.6 is 0 Å². The number of aryl methyl sites for hydroxylation is 1. The van der Waals surface area contributed by atoms with E-state index in [1.54, 1.807) is 37.3 Å². The van der Waals surface area contributed by atoms with Gasteiger partial charge in [0.25, 0.3) is 11.1 Å². The summed E-state index contributed by atoms with van der Waals surface area (Å²) in [5, 5.41) is 22.6. The molecule has 6 rings (SSSR count). The van der Waals surface area contributed by atoms with E-state index < -0.39 is 18.0 Å². The molecule has 3 aromatic heterocycles. The van der Waals surface area contributed by atoms with Crippen LogP contribution in [-0.4, -0.2) is 48.1 Å².